The highest BCUT2D eigenvalue weighted by Crippen LogP contribution is 2.19. The lowest BCUT2D eigenvalue weighted by molar-refractivity contribution is -0.146. The van der Waals surface area contributed by atoms with Gasteiger partial charge in [0.25, 0.3) is 0 Å². The molecule has 0 aliphatic carbocycles. The van der Waals surface area contributed by atoms with Gasteiger partial charge < -0.3 is 10.2 Å². The van der Waals surface area contributed by atoms with Crippen molar-refractivity contribution in [3.8, 4) is 0 Å². The molecule has 2 heterocycles. The molecule has 0 amide bonds. The van der Waals surface area contributed by atoms with E-state index >= 15 is 0 Å². The SMILES string of the molecule is CCNCc1cccc(N2CCN(CC(F)(F)F)CC2)n1. The predicted octanol–water partition coefficient (Wildman–Crippen LogP) is 1.88. The fourth-order valence-electron chi connectivity index (χ4n) is 2.38. The topological polar surface area (TPSA) is 31.4 Å². The maximum absolute atomic E-state index is 12.4. The van der Waals surface area contributed by atoms with Gasteiger partial charge in [0.2, 0.25) is 0 Å². The first-order chi connectivity index (χ1) is 9.98. The van der Waals surface area contributed by atoms with Gasteiger partial charge in [0.15, 0.2) is 0 Å². The number of rotatable bonds is 5. The number of nitrogens with one attached hydrogen (secondary N) is 1. The number of anilines is 1. The quantitative estimate of drug-likeness (QED) is 0.900. The van der Waals surface area contributed by atoms with Crippen LogP contribution in [-0.2, 0) is 6.54 Å². The van der Waals surface area contributed by atoms with E-state index in [1.165, 1.54) is 4.90 Å². The molecule has 0 saturated carbocycles. The molecule has 0 spiro atoms. The molecule has 0 bridgehead atoms. The molecule has 118 valence electrons. The summed E-state index contributed by atoms with van der Waals surface area (Å²) in [6.45, 7) is 4.78. The summed E-state index contributed by atoms with van der Waals surface area (Å²) in [6.07, 6.45) is -4.12. The van der Waals surface area contributed by atoms with Crippen LogP contribution >= 0.6 is 0 Å². The Morgan fingerprint density at radius 3 is 2.52 bits per heavy atom. The number of aromatic nitrogens is 1. The lowest BCUT2D eigenvalue weighted by atomic mass is 10.3. The van der Waals surface area contributed by atoms with Crippen molar-refractivity contribution in [2.24, 2.45) is 0 Å². The fourth-order valence-corrected chi connectivity index (χ4v) is 2.38. The van der Waals surface area contributed by atoms with Gasteiger partial charge in [-0.3, -0.25) is 4.90 Å². The van der Waals surface area contributed by atoms with Crippen LogP contribution in [0, 0.1) is 0 Å². The summed E-state index contributed by atoms with van der Waals surface area (Å²) >= 11 is 0. The van der Waals surface area contributed by atoms with Crippen LogP contribution in [0.15, 0.2) is 18.2 Å². The minimum atomic E-state index is -4.12. The minimum absolute atomic E-state index is 0.415. The molecule has 1 N–H and O–H groups in total. The van der Waals surface area contributed by atoms with Crippen molar-refractivity contribution in [2.75, 3.05) is 44.2 Å². The van der Waals surface area contributed by atoms with Crippen molar-refractivity contribution >= 4 is 5.82 Å². The van der Waals surface area contributed by atoms with Crippen LogP contribution < -0.4 is 10.2 Å². The molecule has 1 aliphatic heterocycles. The standard InChI is InChI=1S/C14H21F3N4/c1-2-18-10-12-4-3-5-13(19-12)21-8-6-20(7-9-21)11-14(15,16)17/h3-5,18H,2,6-11H2,1H3. The maximum atomic E-state index is 12.4. The fraction of sp³-hybridized carbons (Fsp3) is 0.643. The van der Waals surface area contributed by atoms with E-state index in [-0.39, 0.29) is 0 Å². The van der Waals surface area contributed by atoms with Crippen LogP contribution in [0.3, 0.4) is 0 Å². The van der Waals surface area contributed by atoms with Gasteiger partial charge in [0, 0.05) is 32.7 Å². The van der Waals surface area contributed by atoms with Crippen molar-refractivity contribution in [3.63, 3.8) is 0 Å². The summed E-state index contributed by atoms with van der Waals surface area (Å²) in [6, 6.07) is 5.80. The Kier molecular flexibility index (Phi) is 5.41. The van der Waals surface area contributed by atoms with E-state index in [9.17, 15) is 13.2 Å². The minimum Gasteiger partial charge on any atom is -0.354 e. The summed E-state index contributed by atoms with van der Waals surface area (Å²) in [5, 5.41) is 3.21. The van der Waals surface area contributed by atoms with E-state index in [4.69, 9.17) is 0 Å². The molecule has 1 saturated heterocycles. The second kappa shape index (κ2) is 7.09. The van der Waals surface area contributed by atoms with Crippen molar-refractivity contribution in [3.05, 3.63) is 23.9 Å². The molecule has 7 heteroatoms. The molecule has 0 atom stereocenters. The van der Waals surface area contributed by atoms with Crippen LogP contribution in [0.4, 0.5) is 19.0 Å². The third-order valence-corrected chi connectivity index (χ3v) is 3.45. The maximum Gasteiger partial charge on any atom is 0.401 e. The molecule has 0 unspecified atom stereocenters. The average molecular weight is 302 g/mol. The third kappa shape index (κ3) is 5.17. The number of piperazine rings is 1. The average Bonchev–Trinajstić information content (AvgIpc) is 2.44. The van der Waals surface area contributed by atoms with Gasteiger partial charge in [-0.25, -0.2) is 4.98 Å². The zero-order valence-electron chi connectivity index (χ0n) is 12.2. The van der Waals surface area contributed by atoms with E-state index in [2.05, 4.69) is 10.3 Å². The number of alkyl halides is 3. The van der Waals surface area contributed by atoms with Crippen molar-refractivity contribution in [1.29, 1.82) is 0 Å². The van der Waals surface area contributed by atoms with E-state index in [1.807, 2.05) is 30.0 Å². The molecule has 1 fully saturated rings. The zero-order chi connectivity index (χ0) is 15.3. The molecule has 4 nitrogen and oxygen atoms in total. The summed E-state index contributed by atoms with van der Waals surface area (Å²) in [5.41, 5.74) is 0.951. The predicted molar refractivity (Wildman–Crippen MR) is 76.3 cm³/mol. The van der Waals surface area contributed by atoms with Gasteiger partial charge in [-0.05, 0) is 18.7 Å². The van der Waals surface area contributed by atoms with E-state index < -0.39 is 12.7 Å². The van der Waals surface area contributed by atoms with Gasteiger partial charge in [-0.2, -0.15) is 13.2 Å². The highest BCUT2D eigenvalue weighted by molar-refractivity contribution is 5.39. The van der Waals surface area contributed by atoms with Gasteiger partial charge >= 0.3 is 6.18 Å². The molecule has 1 aromatic rings. The van der Waals surface area contributed by atoms with E-state index in [1.54, 1.807) is 0 Å². The van der Waals surface area contributed by atoms with Crippen molar-refractivity contribution in [2.45, 2.75) is 19.6 Å². The number of halogens is 3. The van der Waals surface area contributed by atoms with Gasteiger partial charge in [0.05, 0.1) is 12.2 Å². The second-order valence-corrected chi connectivity index (χ2v) is 5.15. The lowest BCUT2D eigenvalue weighted by Crippen LogP contribution is -2.49. The van der Waals surface area contributed by atoms with Crippen molar-refractivity contribution in [1.82, 2.24) is 15.2 Å². The second-order valence-electron chi connectivity index (χ2n) is 5.15. The molecule has 1 aliphatic rings. The number of hydrogen-bond donors (Lipinski definition) is 1. The molecule has 0 aromatic carbocycles. The Labute approximate surface area is 122 Å². The van der Waals surface area contributed by atoms with Gasteiger partial charge in [0.1, 0.15) is 5.82 Å². The highest BCUT2D eigenvalue weighted by Gasteiger charge is 2.32. The Hall–Kier alpha value is -1.34. The highest BCUT2D eigenvalue weighted by atomic mass is 19.4. The van der Waals surface area contributed by atoms with Crippen LogP contribution in [0.5, 0.6) is 0 Å². The Balaban J connectivity index is 1.90. The van der Waals surface area contributed by atoms with E-state index in [0.29, 0.717) is 32.7 Å². The Morgan fingerprint density at radius 1 is 1.19 bits per heavy atom. The first-order valence-corrected chi connectivity index (χ1v) is 7.18. The smallest absolute Gasteiger partial charge is 0.354 e. The van der Waals surface area contributed by atoms with Crippen LogP contribution in [-0.4, -0.2) is 55.3 Å². The number of hydrogen-bond acceptors (Lipinski definition) is 4. The van der Waals surface area contributed by atoms with Crippen LogP contribution in [0.25, 0.3) is 0 Å². The van der Waals surface area contributed by atoms with Gasteiger partial charge in [-0.15, -0.1) is 0 Å². The third-order valence-electron chi connectivity index (χ3n) is 3.45. The largest absolute Gasteiger partial charge is 0.401 e. The summed E-state index contributed by atoms with van der Waals surface area (Å²) < 4.78 is 37.1. The summed E-state index contributed by atoms with van der Waals surface area (Å²) in [7, 11) is 0. The zero-order valence-corrected chi connectivity index (χ0v) is 12.2. The summed E-state index contributed by atoms with van der Waals surface area (Å²) in [5.74, 6) is 0.845. The molecule has 21 heavy (non-hydrogen) atoms. The molecular weight excluding hydrogens is 281 g/mol. The lowest BCUT2D eigenvalue weighted by Gasteiger charge is -2.35. The first kappa shape index (κ1) is 16.0. The molecule has 0 radical (unpaired) electrons. The Morgan fingerprint density at radius 2 is 1.90 bits per heavy atom. The van der Waals surface area contributed by atoms with E-state index in [0.717, 1.165) is 18.1 Å². The normalized spacial score (nSPS) is 17.2. The van der Waals surface area contributed by atoms with Crippen molar-refractivity contribution < 1.29 is 13.2 Å². The summed E-state index contributed by atoms with van der Waals surface area (Å²) in [4.78, 5) is 8.04. The molecule has 2 rings (SSSR count). The molecule has 1 aromatic heterocycles. The van der Waals surface area contributed by atoms with Crippen LogP contribution in [0.2, 0.25) is 0 Å². The van der Waals surface area contributed by atoms with Gasteiger partial charge in [-0.1, -0.05) is 13.0 Å². The number of nitrogens with zero attached hydrogens (tertiary/aromatic N) is 3. The van der Waals surface area contributed by atoms with Crippen LogP contribution in [0.1, 0.15) is 12.6 Å². The molecular formula is C14H21F3N4. The monoisotopic (exact) mass is 302 g/mol. The Bertz CT molecular complexity index is 442. The number of pyridine rings is 1. The first-order valence-electron chi connectivity index (χ1n) is 7.18.